The molecule has 0 bridgehead atoms. The molecule has 2 rings (SSSR count). The summed E-state index contributed by atoms with van der Waals surface area (Å²) in [5.74, 6) is -0.249. The van der Waals surface area contributed by atoms with Crippen LogP contribution in [0.4, 0.5) is 0 Å². The van der Waals surface area contributed by atoms with Crippen LogP contribution in [0.25, 0.3) is 0 Å². The van der Waals surface area contributed by atoms with E-state index in [9.17, 15) is 13.8 Å². The minimum atomic E-state index is -2.65. The molecule has 0 aromatic rings. The average molecular weight is 417 g/mol. The van der Waals surface area contributed by atoms with Crippen LogP contribution in [0.3, 0.4) is 0 Å². The third kappa shape index (κ3) is 5.54. The molecule has 0 spiro atoms. The summed E-state index contributed by atoms with van der Waals surface area (Å²) in [5.41, 5.74) is -0.502. The van der Waals surface area contributed by atoms with Gasteiger partial charge in [-0.15, -0.1) is 0 Å². The second kappa shape index (κ2) is 10.2. The topological polar surface area (TPSA) is 85.3 Å². The summed E-state index contributed by atoms with van der Waals surface area (Å²) in [5, 5.41) is -0.163. The summed E-state index contributed by atoms with van der Waals surface area (Å²) in [6, 6.07) is 0. The lowest BCUT2D eigenvalue weighted by molar-refractivity contribution is -0.141. The van der Waals surface area contributed by atoms with E-state index < -0.39 is 21.2 Å². The van der Waals surface area contributed by atoms with Crippen LogP contribution in [0.1, 0.15) is 58.8 Å². The number of hydrogen-bond acceptors (Lipinski definition) is 5. The number of piperidine rings is 1. The van der Waals surface area contributed by atoms with Gasteiger partial charge >= 0.3 is 0 Å². The number of likely N-dealkylation sites (tertiary alicyclic amines) is 1. The van der Waals surface area contributed by atoms with E-state index in [1.807, 2.05) is 6.92 Å². The van der Waals surface area contributed by atoms with E-state index in [1.165, 1.54) is 7.11 Å². The Morgan fingerprint density at radius 3 is 2.39 bits per heavy atom. The molecule has 1 aliphatic carbocycles. The number of carbonyl (C=O) groups is 2. The summed E-state index contributed by atoms with van der Waals surface area (Å²) >= 11 is 0. The van der Waals surface area contributed by atoms with Crippen LogP contribution in [0.2, 0.25) is 0 Å². The molecule has 7 nitrogen and oxygen atoms in total. The molecule has 0 aromatic heterocycles. The molecule has 0 radical (unpaired) electrons. The molecule has 0 aromatic carbocycles. The van der Waals surface area contributed by atoms with Gasteiger partial charge < -0.3 is 14.4 Å². The average Bonchev–Trinajstić information content (AvgIpc) is 3.17. The number of carbonyl (C=O) groups excluding carboxylic acids is 2. The highest BCUT2D eigenvalue weighted by Gasteiger charge is 2.42. The van der Waals surface area contributed by atoms with Gasteiger partial charge in [0, 0.05) is 44.9 Å². The van der Waals surface area contributed by atoms with Crippen LogP contribution in [-0.2, 0) is 28.8 Å². The predicted molar refractivity (Wildman–Crippen MR) is 110 cm³/mol. The fraction of sp³-hybridized carbons (Fsp3) is 0.900. The molecule has 2 atom stereocenters. The SMILES string of the molecule is CCOCCC1(C(=O)N=S(C)(=O)C2CCN(C(=O)C(C)OC)CC2)CCCC1. The first-order chi connectivity index (χ1) is 13.3. The molecule has 1 heterocycles. The smallest absolute Gasteiger partial charge is 0.260 e. The summed E-state index contributed by atoms with van der Waals surface area (Å²) < 4.78 is 28.2. The van der Waals surface area contributed by atoms with Gasteiger partial charge in [-0.25, -0.2) is 4.21 Å². The zero-order valence-corrected chi connectivity index (χ0v) is 18.6. The molecule has 28 heavy (non-hydrogen) atoms. The highest BCUT2D eigenvalue weighted by Crippen LogP contribution is 2.42. The van der Waals surface area contributed by atoms with Gasteiger partial charge in [0.25, 0.3) is 11.8 Å². The summed E-state index contributed by atoms with van der Waals surface area (Å²) in [6.45, 7) is 5.90. The first kappa shape index (κ1) is 23.3. The normalized spacial score (nSPS) is 23.2. The predicted octanol–water partition coefficient (Wildman–Crippen LogP) is 2.62. The summed E-state index contributed by atoms with van der Waals surface area (Å²) in [7, 11) is -1.13. The van der Waals surface area contributed by atoms with E-state index in [-0.39, 0.29) is 17.1 Å². The fourth-order valence-electron chi connectivity index (χ4n) is 4.24. The minimum absolute atomic E-state index is 0.0441. The lowest BCUT2D eigenvalue weighted by Gasteiger charge is -2.34. The number of ether oxygens (including phenoxy) is 2. The van der Waals surface area contributed by atoms with Crippen LogP contribution in [-0.4, -0.2) is 71.9 Å². The highest BCUT2D eigenvalue weighted by atomic mass is 32.2. The summed E-state index contributed by atoms with van der Waals surface area (Å²) in [4.78, 5) is 27.0. The highest BCUT2D eigenvalue weighted by molar-refractivity contribution is 7.93. The van der Waals surface area contributed by atoms with Crippen LogP contribution in [0.5, 0.6) is 0 Å². The third-order valence-corrected chi connectivity index (χ3v) is 8.52. The second-order valence-corrected chi connectivity index (χ2v) is 10.7. The van der Waals surface area contributed by atoms with Crippen molar-refractivity contribution in [1.29, 1.82) is 0 Å². The Morgan fingerprint density at radius 2 is 1.86 bits per heavy atom. The van der Waals surface area contributed by atoms with Gasteiger partial charge in [0.1, 0.15) is 6.10 Å². The molecule has 1 saturated carbocycles. The van der Waals surface area contributed by atoms with Crippen molar-refractivity contribution in [2.24, 2.45) is 9.78 Å². The number of rotatable bonds is 8. The van der Waals surface area contributed by atoms with Crippen molar-refractivity contribution in [1.82, 2.24) is 4.90 Å². The van der Waals surface area contributed by atoms with Crippen molar-refractivity contribution >= 4 is 21.5 Å². The largest absolute Gasteiger partial charge is 0.382 e. The van der Waals surface area contributed by atoms with Crippen molar-refractivity contribution in [3.63, 3.8) is 0 Å². The zero-order chi connectivity index (χ0) is 20.8. The van der Waals surface area contributed by atoms with Crippen molar-refractivity contribution in [3.05, 3.63) is 0 Å². The fourth-order valence-corrected chi connectivity index (χ4v) is 6.00. The van der Waals surface area contributed by atoms with E-state index in [0.717, 1.165) is 25.7 Å². The zero-order valence-electron chi connectivity index (χ0n) is 17.8. The van der Waals surface area contributed by atoms with Gasteiger partial charge in [-0.2, -0.15) is 4.36 Å². The Balaban J connectivity index is 2.05. The van der Waals surface area contributed by atoms with Crippen molar-refractivity contribution < 1.29 is 23.3 Å². The van der Waals surface area contributed by atoms with E-state index in [1.54, 1.807) is 18.1 Å². The van der Waals surface area contributed by atoms with Crippen molar-refractivity contribution in [2.45, 2.75) is 70.1 Å². The maximum Gasteiger partial charge on any atom is 0.260 e. The van der Waals surface area contributed by atoms with Crippen molar-refractivity contribution in [2.75, 3.05) is 39.7 Å². The first-order valence-electron chi connectivity index (χ1n) is 10.4. The molecule has 1 aliphatic heterocycles. The molecule has 2 amide bonds. The Bertz CT molecular complexity index is 658. The van der Waals surface area contributed by atoms with Gasteiger partial charge in [0.05, 0.1) is 15.1 Å². The number of hydrogen-bond donors (Lipinski definition) is 0. The third-order valence-electron chi connectivity index (χ3n) is 6.28. The molecule has 162 valence electrons. The minimum Gasteiger partial charge on any atom is -0.382 e. The monoisotopic (exact) mass is 416 g/mol. The van der Waals surface area contributed by atoms with Gasteiger partial charge in [0.15, 0.2) is 0 Å². The molecular weight excluding hydrogens is 380 g/mol. The van der Waals surface area contributed by atoms with Gasteiger partial charge in [0.2, 0.25) is 0 Å². The van der Waals surface area contributed by atoms with Crippen LogP contribution >= 0.6 is 0 Å². The molecule has 8 heteroatoms. The molecule has 2 fully saturated rings. The molecular formula is C20H36N2O5S. The number of methoxy groups -OCH3 is 1. The standard InChI is InChI=1S/C20H36N2O5S/c1-5-27-15-12-20(10-6-7-11-20)19(24)21-28(4,25)17-8-13-22(14-9-17)18(23)16(2)26-3/h16-17H,5-15H2,1-4H3. The van der Waals surface area contributed by atoms with Gasteiger partial charge in [-0.05, 0) is 46.0 Å². The van der Waals surface area contributed by atoms with Crippen LogP contribution < -0.4 is 0 Å². The summed E-state index contributed by atoms with van der Waals surface area (Å²) in [6.07, 6.45) is 6.62. The van der Waals surface area contributed by atoms with Crippen LogP contribution in [0, 0.1) is 5.41 Å². The lowest BCUT2D eigenvalue weighted by atomic mass is 9.82. The van der Waals surface area contributed by atoms with Gasteiger partial charge in [-0.1, -0.05) is 12.8 Å². The Kier molecular flexibility index (Phi) is 8.45. The Labute approximate surface area is 169 Å². The van der Waals surface area contributed by atoms with E-state index in [2.05, 4.69) is 4.36 Å². The van der Waals surface area contributed by atoms with Crippen LogP contribution in [0.15, 0.2) is 4.36 Å². The van der Waals surface area contributed by atoms with E-state index in [4.69, 9.17) is 9.47 Å². The first-order valence-corrected chi connectivity index (χ1v) is 12.4. The number of amides is 2. The van der Waals surface area contributed by atoms with E-state index in [0.29, 0.717) is 45.6 Å². The molecule has 0 N–H and O–H groups in total. The van der Waals surface area contributed by atoms with Crippen molar-refractivity contribution in [3.8, 4) is 0 Å². The molecule has 2 aliphatic rings. The van der Waals surface area contributed by atoms with Gasteiger partial charge in [-0.3, -0.25) is 9.59 Å². The Morgan fingerprint density at radius 1 is 1.25 bits per heavy atom. The quantitative estimate of drug-likeness (QED) is 0.568. The molecule has 2 unspecified atom stereocenters. The number of nitrogens with zero attached hydrogens (tertiary/aromatic N) is 2. The second-order valence-electron chi connectivity index (χ2n) is 8.09. The lowest BCUT2D eigenvalue weighted by Crippen LogP contribution is -2.46. The maximum atomic E-state index is 13.3. The Hall–Kier alpha value is -0.990. The van der Waals surface area contributed by atoms with E-state index >= 15 is 0 Å². The molecule has 1 saturated heterocycles. The maximum absolute atomic E-state index is 13.3.